The fourth-order valence-electron chi connectivity index (χ4n) is 3.88. The molecule has 5 rings (SSSR count). The molecule has 2 heterocycles. The van der Waals surface area contributed by atoms with Gasteiger partial charge >= 0.3 is 11.7 Å². The van der Waals surface area contributed by atoms with E-state index in [1.165, 1.54) is 24.4 Å². The van der Waals surface area contributed by atoms with E-state index < -0.39 is 23.1 Å². The largest absolute Gasteiger partial charge is 0.474 e. The van der Waals surface area contributed by atoms with Crippen LogP contribution in [0.15, 0.2) is 87.1 Å². The van der Waals surface area contributed by atoms with Gasteiger partial charge in [-0.1, -0.05) is 36.4 Å². The van der Waals surface area contributed by atoms with Crippen LogP contribution in [0.2, 0.25) is 0 Å². The van der Waals surface area contributed by atoms with Gasteiger partial charge in [0.2, 0.25) is 11.6 Å². The monoisotopic (exact) mass is 512 g/mol. The second-order valence-corrected chi connectivity index (χ2v) is 8.01. The highest BCUT2D eigenvalue weighted by molar-refractivity contribution is 5.87. The minimum absolute atomic E-state index is 0.135. The number of rotatable bonds is 8. The Morgan fingerprint density at radius 1 is 1.13 bits per heavy atom. The summed E-state index contributed by atoms with van der Waals surface area (Å²) in [7, 11) is 0. The number of aromatic nitrogens is 2. The van der Waals surface area contributed by atoms with Crippen molar-refractivity contribution in [2.45, 2.75) is 6.92 Å². The van der Waals surface area contributed by atoms with Gasteiger partial charge in [0.25, 0.3) is 5.56 Å². The molecule has 5 aromatic rings. The van der Waals surface area contributed by atoms with Crippen LogP contribution in [-0.4, -0.2) is 40.0 Å². The molecule has 0 bridgehead atoms. The molecule has 11 nitrogen and oxygen atoms in total. The quantitative estimate of drug-likeness (QED) is 0.128. The van der Waals surface area contributed by atoms with E-state index >= 15 is 0 Å². The molecule has 2 aromatic heterocycles. The Balaban J connectivity index is 1.64. The number of nitro groups is 1. The van der Waals surface area contributed by atoms with Gasteiger partial charge in [-0.25, -0.2) is 9.78 Å². The van der Waals surface area contributed by atoms with Crippen molar-refractivity contribution in [2.75, 3.05) is 13.2 Å². The lowest BCUT2D eigenvalue weighted by atomic mass is 10.2. The fourth-order valence-corrected chi connectivity index (χ4v) is 3.88. The number of hydrogen-bond acceptors (Lipinski definition) is 9. The number of para-hydroxylation sites is 3. The van der Waals surface area contributed by atoms with Crippen molar-refractivity contribution >= 4 is 39.7 Å². The van der Waals surface area contributed by atoms with Crippen molar-refractivity contribution in [3.63, 3.8) is 0 Å². The minimum atomic E-state index is -0.685. The number of hydrogen-bond donors (Lipinski definition) is 0. The number of furan rings is 1. The first-order valence-electron chi connectivity index (χ1n) is 11.6. The summed E-state index contributed by atoms with van der Waals surface area (Å²) in [5.41, 5.74) is 0.377. The van der Waals surface area contributed by atoms with Crippen molar-refractivity contribution in [3.8, 4) is 17.3 Å². The number of carbonyl (C=O) groups is 1. The van der Waals surface area contributed by atoms with Gasteiger partial charge in [0.15, 0.2) is 12.4 Å². The Morgan fingerprint density at radius 2 is 1.92 bits per heavy atom. The minimum Gasteiger partial charge on any atom is -0.474 e. The summed E-state index contributed by atoms with van der Waals surface area (Å²) < 4.78 is 17.3. The van der Waals surface area contributed by atoms with E-state index in [-0.39, 0.29) is 29.4 Å². The molecule has 11 heteroatoms. The summed E-state index contributed by atoms with van der Waals surface area (Å²) in [6, 6.07) is 20.1. The maximum absolute atomic E-state index is 13.5. The zero-order valence-corrected chi connectivity index (χ0v) is 20.1. The predicted octanol–water partition coefficient (Wildman–Crippen LogP) is 4.54. The SMILES string of the molecule is CCOC(=O)COc1c(C=Nn2c(-c3cc4ccccc4o3)nc3ccccc3c2=O)cccc1[N+](=O)[O-]. The molecular weight excluding hydrogens is 492 g/mol. The third kappa shape index (κ3) is 4.72. The molecule has 0 fully saturated rings. The Labute approximate surface area is 214 Å². The molecule has 0 unspecified atom stereocenters. The molecule has 0 saturated heterocycles. The standard InChI is InChI=1S/C27H20N4O7/c1-2-36-24(32)16-37-25-18(9-7-12-21(25)31(34)35)15-28-30-26(23-14-17-8-3-6-13-22(17)38-23)29-20-11-5-4-10-19(20)27(30)33/h3-15H,2,16H2,1H3. The van der Waals surface area contributed by atoms with Gasteiger partial charge in [-0.3, -0.25) is 14.9 Å². The molecule has 0 atom stereocenters. The summed E-state index contributed by atoms with van der Waals surface area (Å²) in [4.78, 5) is 40.9. The second-order valence-electron chi connectivity index (χ2n) is 8.01. The number of ether oxygens (including phenoxy) is 2. The third-order valence-electron chi connectivity index (χ3n) is 5.57. The number of fused-ring (bicyclic) bond motifs is 2. The smallest absolute Gasteiger partial charge is 0.344 e. The average molecular weight is 512 g/mol. The van der Waals surface area contributed by atoms with Crippen LogP contribution in [0.25, 0.3) is 33.5 Å². The molecule has 0 aliphatic carbocycles. The zero-order chi connectivity index (χ0) is 26.6. The van der Waals surface area contributed by atoms with E-state index in [9.17, 15) is 19.7 Å². The Bertz CT molecular complexity index is 1740. The van der Waals surface area contributed by atoms with Crippen LogP contribution in [-0.2, 0) is 9.53 Å². The Kier molecular flexibility index (Phi) is 6.64. The topological polar surface area (TPSA) is 139 Å². The highest BCUT2D eigenvalue weighted by atomic mass is 16.6. The van der Waals surface area contributed by atoms with E-state index in [4.69, 9.17) is 13.9 Å². The molecule has 0 aliphatic heterocycles. The molecule has 0 N–H and O–H groups in total. The number of benzene rings is 3. The molecular formula is C27H20N4O7. The second kappa shape index (κ2) is 10.3. The molecule has 3 aromatic carbocycles. The van der Waals surface area contributed by atoms with Gasteiger partial charge in [-0.15, -0.1) is 0 Å². The van der Waals surface area contributed by atoms with Crippen LogP contribution in [0.1, 0.15) is 12.5 Å². The van der Waals surface area contributed by atoms with Gasteiger partial charge in [0.05, 0.1) is 28.6 Å². The third-order valence-corrected chi connectivity index (χ3v) is 5.57. The molecule has 0 amide bonds. The van der Waals surface area contributed by atoms with Gasteiger partial charge in [-0.2, -0.15) is 9.78 Å². The van der Waals surface area contributed by atoms with Crippen molar-refractivity contribution in [1.29, 1.82) is 0 Å². The van der Waals surface area contributed by atoms with E-state index in [1.807, 2.05) is 18.2 Å². The Morgan fingerprint density at radius 3 is 2.71 bits per heavy atom. The summed E-state index contributed by atoms with van der Waals surface area (Å²) in [6.07, 6.45) is 1.23. The van der Waals surface area contributed by atoms with E-state index in [2.05, 4.69) is 10.1 Å². The van der Waals surface area contributed by atoms with Crippen LogP contribution in [0.5, 0.6) is 5.75 Å². The molecule has 190 valence electrons. The number of nitrogens with zero attached hydrogens (tertiary/aromatic N) is 4. The molecule has 0 saturated carbocycles. The highest BCUT2D eigenvalue weighted by Crippen LogP contribution is 2.31. The van der Waals surface area contributed by atoms with Crippen molar-refractivity contribution in [2.24, 2.45) is 5.10 Å². The first-order chi connectivity index (χ1) is 18.5. The summed E-state index contributed by atoms with van der Waals surface area (Å²) >= 11 is 0. The first-order valence-corrected chi connectivity index (χ1v) is 11.6. The maximum atomic E-state index is 13.5. The maximum Gasteiger partial charge on any atom is 0.344 e. The van der Waals surface area contributed by atoms with Crippen molar-refractivity contribution in [3.05, 3.63) is 98.8 Å². The van der Waals surface area contributed by atoms with Gasteiger partial charge < -0.3 is 13.9 Å². The molecule has 0 aliphatic rings. The van der Waals surface area contributed by atoms with Gasteiger partial charge in [0, 0.05) is 17.0 Å². The van der Waals surface area contributed by atoms with Crippen molar-refractivity contribution in [1.82, 2.24) is 9.66 Å². The zero-order valence-electron chi connectivity index (χ0n) is 20.1. The van der Waals surface area contributed by atoms with Crippen LogP contribution in [0, 0.1) is 10.1 Å². The predicted molar refractivity (Wildman–Crippen MR) is 139 cm³/mol. The number of carbonyl (C=O) groups excluding carboxylic acids is 1. The number of nitro benzene ring substituents is 1. The molecule has 38 heavy (non-hydrogen) atoms. The lowest BCUT2D eigenvalue weighted by molar-refractivity contribution is -0.385. The van der Waals surface area contributed by atoms with E-state index in [0.717, 1.165) is 10.1 Å². The highest BCUT2D eigenvalue weighted by Gasteiger charge is 2.21. The van der Waals surface area contributed by atoms with Crippen LogP contribution in [0.4, 0.5) is 5.69 Å². The van der Waals surface area contributed by atoms with Crippen LogP contribution in [0.3, 0.4) is 0 Å². The van der Waals surface area contributed by atoms with Gasteiger partial charge in [-0.05, 0) is 37.3 Å². The lowest BCUT2D eigenvalue weighted by Gasteiger charge is -2.10. The van der Waals surface area contributed by atoms with Gasteiger partial charge in [0.1, 0.15) is 5.58 Å². The fraction of sp³-hybridized carbons (Fsp3) is 0.111. The number of esters is 1. The Hall–Kier alpha value is -5.32. The van der Waals surface area contributed by atoms with E-state index in [0.29, 0.717) is 22.2 Å². The molecule has 0 radical (unpaired) electrons. The molecule has 0 spiro atoms. The van der Waals surface area contributed by atoms with E-state index in [1.54, 1.807) is 43.3 Å². The summed E-state index contributed by atoms with van der Waals surface area (Å²) in [5.74, 6) is -0.429. The van der Waals surface area contributed by atoms with Crippen LogP contribution >= 0.6 is 0 Å². The van der Waals surface area contributed by atoms with Crippen molar-refractivity contribution < 1.29 is 23.6 Å². The van der Waals surface area contributed by atoms with Crippen LogP contribution < -0.4 is 10.3 Å². The summed E-state index contributed by atoms with van der Waals surface area (Å²) in [5, 5.41) is 17.1. The average Bonchev–Trinajstić information content (AvgIpc) is 3.36. The first kappa shape index (κ1) is 24.4. The lowest BCUT2D eigenvalue weighted by Crippen LogP contribution is -2.20. The normalized spacial score (nSPS) is 11.3. The summed E-state index contributed by atoms with van der Waals surface area (Å²) in [6.45, 7) is 1.23.